The Morgan fingerprint density at radius 1 is 1.54 bits per heavy atom. The standard InChI is InChI=1S/C9H10BFN2/c1-5(12)6-3-8(11)7(10)4-9(6)13-2/h3-4,12-13H,1-2H3. The molecule has 2 nitrogen and oxygen atoms in total. The second-order valence-electron chi connectivity index (χ2n) is 2.79. The zero-order chi connectivity index (χ0) is 10.0. The molecule has 2 N–H and O–H groups in total. The molecule has 0 bridgehead atoms. The molecule has 66 valence electrons. The van der Waals surface area contributed by atoms with Crippen molar-refractivity contribution in [1.82, 2.24) is 0 Å². The second-order valence-corrected chi connectivity index (χ2v) is 2.79. The van der Waals surface area contributed by atoms with Gasteiger partial charge in [-0.25, -0.2) is 4.39 Å². The van der Waals surface area contributed by atoms with Crippen LogP contribution in [0, 0.1) is 11.2 Å². The first-order chi connectivity index (χ1) is 6.06. The van der Waals surface area contributed by atoms with E-state index in [1.165, 1.54) is 12.1 Å². The Labute approximate surface area is 78.1 Å². The predicted octanol–water partition coefficient (Wildman–Crippen LogP) is 1.05. The summed E-state index contributed by atoms with van der Waals surface area (Å²) in [6, 6.07) is 2.76. The quantitative estimate of drug-likeness (QED) is 0.512. The van der Waals surface area contributed by atoms with Crippen molar-refractivity contribution >= 4 is 24.7 Å². The molecule has 0 amide bonds. The summed E-state index contributed by atoms with van der Waals surface area (Å²) < 4.78 is 13.0. The molecule has 0 spiro atoms. The molecule has 0 fully saturated rings. The van der Waals surface area contributed by atoms with Gasteiger partial charge in [-0.3, -0.25) is 0 Å². The summed E-state index contributed by atoms with van der Waals surface area (Å²) in [6.45, 7) is 1.60. The van der Waals surface area contributed by atoms with Gasteiger partial charge in [-0.2, -0.15) is 0 Å². The van der Waals surface area contributed by atoms with Crippen LogP contribution in [0.25, 0.3) is 0 Å². The lowest BCUT2D eigenvalue weighted by Gasteiger charge is -2.09. The number of hydrogen-bond acceptors (Lipinski definition) is 2. The molecule has 0 aliphatic carbocycles. The Balaban J connectivity index is 3.33. The average molecular weight is 176 g/mol. The number of benzene rings is 1. The molecule has 4 heteroatoms. The Morgan fingerprint density at radius 3 is 2.62 bits per heavy atom. The summed E-state index contributed by atoms with van der Waals surface area (Å²) in [7, 11) is 7.09. The topological polar surface area (TPSA) is 35.9 Å². The summed E-state index contributed by atoms with van der Waals surface area (Å²) in [5.74, 6) is -0.486. The third-order valence-corrected chi connectivity index (χ3v) is 1.81. The minimum Gasteiger partial charge on any atom is -0.388 e. The van der Waals surface area contributed by atoms with Crippen molar-refractivity contribution in [2.75, 3.05) is 12.4 Å². The van der Waals surface area contributed by atoms with Crippen LogP contribution < -0.4 is 10.8 Å². The molecule has 1 aromatic rings. The lowest BCUT2D eigenvalue weighted by Crippen LogP contribution is -2.13. The van der Waals surface area contributed by atoms with Crippen molar-refractivity contribution in [3.05, 3.63) is 23.5 Å². The fourth-order valence-electron chi connectivity index (χ4n) is 1.11. The van der Waals surface area contributed by atoms with Gasteiger partial charge >= 0.3 is 0 Å². The molecule has 0 unspecified atom stereocenters. The highest BCUT2D eigenvalue weighted by Gasteiger charge is 2.06. The normalized spacial score (nSPS) is 9.77. The summed E-state index contributed by atoms with van der Waals surface area (Å²) >= 11 is 0. The zero-order valence-corrected chi connectivity index (χ0v) is 7.61. The van der Waals surface area contributed by atoms with Gasteiger partial charge in [0.15, 0.2) is 0 Å². The monoisotopic (exact) mass is 176 g/mol. The predicted molar refractivity (Wildman–Crippen MR) is 53.8 cm³/mol. The van der Waals surface area contributed by atoms with Crippen molar-refractivity contribution in [3.63, 3.8) is 0 Å². The number of halogens is 1. The maximum absolute atomic E-state index is 13.0. The van der Waals surface area contributed by atoms with Crippen LogP contribution in [0.15, 0.2) is 12.1 Å². The summed E-state index contributed by atoms with van der Waals surface area (Å²) in [5, 5.41) is 10.3. The molecular formula is C9H10BFN2. The van der Waals surface area contributed by atoms with E-state index in [4.69, 9.17) is 13.3 Å². The van der Waals surface area contributed by atoms with E-state index in [0.29, 0.717) is 17.0 Å². The largest absolute Gasteiger partial charge is 0.388 e. The highest BCUT2D eigenvalue weighted by atomic mass is 19.1. The molecule has 1 rings (SSSR count). The third-order valence-electron chi connectivity index (χ3n) is 1.81. The van der Waals surface area contributed by atoms with Crippen LogP contribution in [0.3, 0.4) is 0 Å². The highest BCUT2D eigenvalue weighted by Crippen LogP contribution is 2.14. The minimum atomic E-state index is -0.486. The second kappa shape index (κ2) is 3.60. The first-order valence-corrected chi connectivity index (χ1v) is 3.88. The number of nitrogens with one attached hydrogen (secondary N) is 2. The van der Waals surface area contributed by atoms with Crippen molar-refractivity contribution in [1.29, 1.82) is 5.41 Å². The Bertz CT molecular complexity index is 350. The van der Waals surface area contributed by atoms with Gasteiger partial charge in [0.25, 0.3) is 0 Å². The molecular weight excluding hydrogens is 166 g/mol. The van der Waals surface area contributed by atoms with Crippen LogP contribution in [0.1, 0.15) is 12.5 Å². The maximum atomic E-state index is 13.0. The molecule has 0 aliphatic rings. The van der Waals surface area contributed by atoms with Gasteiger partial charge in [-0.15, -0.1) is 0 Å². The van der Waals surface area contributed by atoms with Crippen molar-refractivity contribution in [2.24, 2.45) is 0 Å². The minimum absolute atomic E-state index is 0.0920. The van der Waals surface area contributed by atoms with E-state index >= 15 is 0 Å². The van der Waals surface area contributed by atoms with E-state index < -0.39 is 5.82 Å². The van der Waals surface area contributed by atoms with Crippen molar-refractivity contribution < 1.29 is 4.39 Å². The fourth-order valence-corrected chi connectivity index (χ4v) is 1.11. The van der Waals surface area contributed by atoms with Crippen LogP contribution >= 0.6 is 0 Å². The van der Waals surface area contributed by atoms with E-state index in [1.807, 2.05) is 0 Å². The Kier molecular flexibility index (Phi) is 2.71. The molecule has 13 heavy (non-hydrogen) atoms. The maximum Gasteiger partial charge on any atom is 0.118 e. The van der Waals surface area contributed by atoms with Crippen molar-refractivity contribution in [2.45, 2.75) is 6.92 Å². The molecule has 1 aromatic carbocycles. The molecule has 0 saturated carbocycles. The fraction of sp³-hybridized carbons (Fsp3) is 0.222. The van der Waals surface area contributed by atoms with Gasteiger partial charge in [0.05, 0.1) is 0 Å². The van der Waals surface area contributed by atoms with E-state index in [0.717, 1.165) is 0 Å². The van der Waals surface area contributed by atoms with Crippen LogP contribution in [0.5, 0.6) is 0 Å². The first kappa shape index (κ1) is 9.77. The summed E-state index contributed by atoms with van der Waals surface area (Å²) in [5.41, 5.74) is 1.61. The number of rotatable bonds is 2. The van der Waals surface area contributed by atoms with Gasteiger partial charge in [0.1, 0.15) is 13.7 Å². The molecule has 0 heterocycles. The van der Waals surface area contributed by atoms with Gasteiger partial charge in [0.2, 0.25) is 0 Å². The van der Waals surface area contributed by atoms with Crippen LogP contribution in [0.2, 0.25) is 0 Å². The Hall–Kier alpha value is -1.32. The van der Waals surface area contributed by atoms with Gasteiger partial charge in [-0.05, 0) is 19.1 Å². The molecule has 0 aliphatic heterocycles. The Morgan fingerprint density at radius 2 is 2.15 bits per heavy atom. The molecule has 2 radical (unpaired) electrons. The third kappa shape index (κ3) is 1.88. The van der Waals surface area contributed by atoms with Crippen molar-refractivity contribution in [3.8, 4) is 0 Å². The summed E-state index contributed by atoms with van der Waals surface area (Å²) in [4.78, 5) is 0. The zero-order valence-electron chi connectivity index (χ0n) is 7.61. The van der Waals surface area contributed by atoms with E-state index in [9.17, 15) is 4.39 Å². The van der Waals surface area contributed by atoms with Crippen LogP contribution in [0.4, 0.5) is 10.1 Å². The van der Waals surface area contributed by atoms with Crippen LogP contribution in [-0.4, -0.2) is 20.6 Å². The molecule has 0 saturated heterocycles. The SMILES string of the molecule is [B]c1cc(NC)c(C(C)=N)cc1F. The number of hydrogen-bond donors (Lipinski definition) is 2. The molecule has 0 aromatic heterocycles. The van der Waals surface area contributed by atoms with Crippen LogP contribution in [-0.2, 0) is 0 Å². The van der Waals surface area contributed by atoms with E-state index in [1.54, 1.807) is 14.0 Å². The van der Waals surface area contributed by atoms with E-state index in [-0.39, 0.29) is 5.46 Å². The van der Waals surface area contributed by atoms with Gasteiger partial charge < -0.3 is 10.7 Å². The number of anilines is 1. The summed E-state index contributed by atoms with van der Waals surface area (Å²) in [6.07, 6.45) is 0. The lowest BCUT2D eigenvalue weighted by atomic mass is 9.92. The first-order valence-electron chi connectivity index (χ1n) is 3.88. The molecule has 0 atom stereocenters. The smallest absolute Gasteiger partial charge is 0.118 e. The van der Waals surface area contributed by atoms with Gasteiger partial charge in [0, 0.05) is 24.0 Å². The van der Waals surface area contributed by atoms with E-state index in [2.05, 4.69) is 5.32 Å². The lowest BCUT2D eigenvalue weighted by molar-refractivity contribution is 0.636. The van der Waals surface area contributed by atoms with Gasteiger partial charge in [-0.1, -0.05) is 5.46 Å². The average Bonchev–Trinajstić information content (AvgIpc) is 2.08. The highest BCUT2D eigenvalue weighted by molar-refractivity contribution is 6.33.